The Morgan fingerprint density at radius 2 is 1.88 bits per heavy atom. The molecule has 3 aromatic rings. The number of anilines is 2. The minimum absolute atomic E-state index is 0.666. The van der Waals surface area contributed by atoms with E-state index in [0.717, 1.165) is 87.7 Å². The average molecular weight is 476 g/mol. The van der Waals surface area contributed by atoms with Crippen molar-refractivity contribution in [1.82, 2.24) is 15.2 Å². The number of aromatic nitrogens is 1. The normalized spacial score (nSPS) is 16.3. The van der Waals surface area contributed by atoms with E-state index < -0.39 is 0 Å². The molecule has 34 heavy (non-hydrogen) atoms. The molecule has 0 bridgehead atoms. The summed E-state index contributed by atoms with van der Waals surface area (Å²) in [4.78, 5) is 9.72. The molecule has 6 nitrogen and oxygen atoms in total. The molecular formula is C27H33N5OS. The van der Waals surface area contributed by atoms with E-state index in [-0.39, 0.29) is 0 Å². The molecule has 1 aromatic heterocycles. The van der Waals surface area contributed by atoms with Crippen LogP contribution in [0.1, 0.15) is 23.1 Å². The summed E-state index contributed by atoms with van der Waals surface area (Å²) >= 11 is 5.55. The highest BCUT2D eigenvalue weighted by Crippen LogP contribution is 2.26. The van der Waals surface area contributed by atoms with Gasteiger partial charge in [-0.2, -0.15) is 0 Å². The van der Waals surface area contributed by atoms with Crippen molar-refractivity contribution in [3.8, 4) is 0 Å². The molecule has 1 fully saturated rings. The maximum atomic E-state index is 5.55. The van der Waals surface area contributed by atoms with E-state index in [2.05, 4.69) is 75.9 Å². The highest BCUT2D eigenvalue weighted by atomic mass is 32.1. The predicted octanol–water partition coefficient (Wildman–Crippen LogP) is 4.11. The number of thiocarbonyl (C=S) groups is 1. The van der Waals surface area contributed by atoms with E-state index in [9.17, 15) is 0 Å². The Kier molecular flexibility index (Phi) is 7.23. The summed E-state index contributed by atoms with van der Waals surface area (Å²) in [7, 11) is 0. The number of pyridine rings is 1. The molecule has 178 valence electrons. The number of benzene rings is 2. The van der Waals surface area contributed by atoms with Crippen LogP contribution in [0.15, 0.2) is 48.5 Å². The molecule has 0 spiro atoms. The second-order valence-corrected chi connectivity index (χ2v) is 9.57. The maximum absolute atomic E-state index is 5.55. The van der Waals surface area contributed by atoms with E-state index in [0.29, 0.717) is 5.11 Å². The standard InChI is InChI=1S/C27H33N5OS/c1-20-17-26(32-13-15-33-16-14-32)30-25-8-7-23(18-24(20)25)29-27(34)28-10-4-11-31-12-9-21-5-2-3-6-22(21)19-31/h2-3,5-8,17-18H,4,9-16,19H2,1H3,(H2,28,29,34). The van der Waals surface area contributed by atoms with Gasteiger partial charge in [-0.25, -0.2) is 4.98 Å². The average Bonchev–Trinajstić information content (AvgIpc) is 2.87. The maximum Gasteiger partial charge on any atom is 0.170 e. The molecule has 5 rings (SSSR count). The topological polar surface area (TPSA) is 52.7 Å². The van der Waals surface area contributed by atoms with Gasteiger partial charge in [-0.3, -0.25) is 4.90 Å². The third-order valence-electron chi connectivity index (χ3n) is 6.74. The molecule has 3 heterocycles. The largest absolute Gasteiger partial charge is 0.378 e. The van der Waals surface area contributed by atoms with Gasteiger partial charge in [0, 0.05) is 50.3 Å². The smallest absolute Gasteiger partial charge is 0.170 e. The molecule has 0 radical (unpaired) electrons. The third-order valence-corrected chi connectivity index (χ3v) is 6.99. The van der Waals surface area contributed by atoms with Gasteiger partial charge < -0.3 is 20.3 Å². The molecule has 0 unspecified atom stereocenters. The van der Waals surface area contributed by atoms with Crippen molar-refractivity contribution in [2.75, 3.05) is 56.2 Å². The van der Waals surface area contributed by atoms with Gasteiger partial charge in [-0.15, -0.1) is 0 Å². The van der Waals surface area contributed by atoms with Gasteiger partial charge in [0.05, 0.1) is 18.7 Å². The first-order valence-corrected chi connectivity index (χ1v) is 12.6. The molecule has 1 saturated heterocycles. The van der Waals surface area contributed by atoms with E-state index >= 15 is 0 Å². The number of ether oxygens (including phenoxy) is 1. The molecular weight excluding hydrogens is 442 g/mol. The van der Waals surface area contributed by atoms with Crippen LogP contribution in [0.3, 0.4) is 0 Å². The Balaban J connectivity index is 1.11. The van der Waals surface area contributed by atoms with E-state index in [4.69, 9.17) is 21.9 Å². The molecule has 0 amide bonds. The van der Waals surface area contributed by atoms with Crippen molar-refractivity contribution in [2.24, 2.45) is 0 Å². The monoisotopic (exact) mass is 475 g/mol. The number of aryl methyl sites for hydroxylation is 1. The highest BCUT2D eigenvalue weighted by Gasteiger charge is 2.16. The fraction of sp³-hybridized carbons (Fsp3) is 0.407. The van der Waals surface area contributed by atoms with Gasteiger partial charge in [-0.1, -0.05) is 24.3 Å². The lowest BCUT2D eigenvalue weighted by molar-refractivity contribution is 0.122. The summed E-state index contributed by atoms with van der Waals surface area (Å²) in [5.41, 5.74) is 6.19. The minimum atomic E-state index is 0.666. The van der Waals surface area contributed by atoms with Crippen LogP contribution >= 0.6 is 12.2 Å². The van der Waals surface area contributed by atoms with Crippen LogP contribution in [0.2, 0.25) is 0 Å². The molecule has 0 saturated carbocycles. The zero-order chi connectivity index (χ0) is 23.3. The van der Waals surface area contributed by atoms with E-state index in [1.807, 2.05) is 0 Å². The summed E-state index contributed by atoms with van der Waals surface area (Å²) in [6, 6.07) is 17.2. The number of rotatable bonds is 6. The van der Waals surface area contributed by atoms with Gasteiger partial charge in [0.1, 0.15) is 5.82 Å². The predicted molar refractivity (Wildman–Crippen MR) is 144 cm³/mol. The number of nitrogens with zero attached hydrogens (tertiary/aromatic N) is 3. The fourth-order valence-electron chi connectivity index (χ4n) is 4.83. The minimum Gasteiger partial charge on any atom is -0.378 e. The van der Waals surface area contributed by atoms with Crippen LogP contribution in [0.4, 0.5) is 11.5 Å². The first-order chi connectivity index (χ1) is 16.7. The van der Waals surface area contributed by atoms with Crippen LogP contribution in [0, 0.1) is 6.92 Å². The summed E-state index contributed by atoms with van der Waals surface area (Å²) in [5, 5.41) is 8.52. The van der Waals surface area contributed by atoms with Gasteiger partial charge in [-0.05, 0) is 72.9 Å². The SMILES string of the molecule is Cc1cc(N2CCOCC2)nc2ccc(NC(=S)NCCCN3CCc4ccccc4C3)cc12. The van der Waals surface area contributed by atoms with Crippen molar-refractivity contribution in [3.05, 3.63) is 65.2 Å². The second-order valence-electron chi connectivity index (χ2n) is 9.16. The Labute approximate surface area is 207 Å². The summed E-state index contributed by atoms with van der Waals surface area (Å²) in [5.74, 6) is 1.03. The van der Waals surface area contributed by atoms with Crippen LogP contribution in [0.5, 0.6) is 0 Å². The number of morpholine rings is 1. The highest BCUT2D eigenvalue weighted by molar-refractivity contribution is 7.80. The Bertz CT molecular complexity index is 1160. The second kappa shape index (κ2) is 10.7. The zero-order valence-electron chi connectivity index (χ0n) is 19.8. The molecule has 2 N–H and O–H groups in total. The fourth-order valence-corrected chi connectivity index (χ4v) is 5.05. The Hall–Kier alpha value is -2.74. The molecule has 2 aliphatic rings. The Morgan fingerprint density at radius 3 is 2.74 bits per heavy atom. The van der Waals surface area contributed by atoms with Crippen molar-refractivity contribution in [1.29, 1.82) is 0 Å². The van der Waals surface area contributed by atoms with Crippen LogP contribution in [-0.2, 0) is 17.7 Å². The van der Waals surface area contributed by atoms with Gasteiger partial charge >= 0.3 is 0 Å². The lowest BCUT2D eigenvalue weighted by atomic mass is 10.00. The van der Waals surface area contributed by atoms with Crippen LogP contribution < -0.4 is 15.5 Å². The van der Waals surface area contributed by atoms with Gasteiger partial charge in [0.15, 0.2) is 5.11 Å². The molecule has 0 atom stereocenters. The van der Waals surface area contributed by atoms with Gasteiger partial charge in [0.25, 0.3) is 0 Å². The van der Waals surface area contributed by atoms with Crippen molar-refractivity contribution in [2.45, 2.75) is 26.3 Å². The molecule has 7 heteroatoms. The van der Waals surface area contributed by atoms with E-state index in [1.165, 1.54) is 16.7 Å². The first-order valence-electron chi connectivity index (χ1n) is 12.2. The third kappa shape index (κ3) is 5.49. The number of nitrogens with one attached hydrogen (secondary N) is 2. The number of hydrogen-bond donors (Lipinski definition) is 2. The summed E-state index contributed by atoms with van der Waals surface area (Å²) in [6.45, 7) is 9.58. The number of hydrogen-bond acceptors (Lipinski definition) is 5. The summed E-state index contributed by atoms with van der Waals surface area (Å²) in [6.07, 6.45) is 2.21. The first kappa shape index (κ1) is 23.0. The van der Waals surface area contributed by atoms with Crippen molar-refractivity contribution < 1.29 is 4.74 Å². The molecule has 0 aliphatic carbocycles. The lowest BCUT2D eigenvalue weighted by Gasteiger charge is -2.28. The van der Waals surface area contributed by atoms with Crippen molar-refractivity contribution >= 4 is 39.7 Å². The zero-order valence-corrected chi connectivity index (χ0v) is 20.7. The lowest BCUT2D eigenvalue weighted by Crippen LogP contribution is -2.36. The quantitative estimate of drug-likeness (QED) is 0.411. The van der Waals surface area contributed by atoms with Crippen LogP contribution in [-0.4, -0.2) is 60.9 Å². The van der Waals surface area contributed by atoms with Crippen molar-refractivity contribution in [3.63, 3.8) is 0 Å². The Morgan fingerprint density at radius 1 is 1.06 bits per heavy atom. The molecule has 2 aromatic carbocycles. The van der Waals surface area contributed by atoms with Gasteiger partial charge in [0.2, 0.25) is 0 Å². The number of fused-ring (bicyclic) bond motifs is 2. The molecule has 2 aliphatic heterocycles. The van der Waals surface area contributed by atoms with E-state index in [1.54, 1.807) is 0 Å². The summed E-state index contributed by atoms with van der Waals surface area (Å²) < 4.78 is 5.47. The van der Waals surface area contributed by atoms with Crippen LogP contribution in [0.25, 0.3) is 10.9 Å².